The molecule has 0 radical (unpaired) electrons. The summed E-state index contributed by atoms with van der Waals surface area (Å²) in [6, 6.07) is 12.6. The van der Waals surface area contributed by atoms with E-state index in [2.05, 4.69) is 16.8 Å². The fraction of sp³-hybridized carbons (Fsp3) is 0. The molecule has 120 valence electrons. The van der Waals surface area contributed by atoms with E-state index >= 15 is 0 Å². The maximum absolute atomic E-state index is 11.6. The van der Waals surface area contributed by atoms with Crippen molar-refractivity contribution < 1.29 is 9.90 Å². The van der Waals surface area contributed by atoms with Crippen LogP contribution in [-0.4, -0.2) is 25.0 Å². The van der Waals surface area contributed by atoms with Crippen LogP contribution in [-0.2, 0) is 0 Å². The Morgan fingerprint density at radius 1 is 1.00 bits per heavy atom. The Hall–Kier alpha value is -3.78. The molecule has 0 saturated carbocycles. The van der Waals surface area contributed by atoms with Crippen LogP contribution in [0.3, 0.4) is 0 Å². The first kappa shape index (κ1) is 14.8. The number of aromatic nitrogens is 3. The molecule has 5 heteroatoms. The Morgan fingerprint density at radius 3 is 2.64 bits per heavy atom. The minimum atomic E-state index is -0.979. The first-order valence-corrected chi connectivity index (χ1v) is 7.67. The molecule has 0 aliphatic carbocycles. The van der Waals surface area contributed by atoms with Gasteiger partial charge in [0.05, 0.1) is 11.3 Å². The van der Waals surface area contributed by atoms with Crippen LogP contribution in [0, 0.1) is 11.8 Å². The van der Waals surface area contributed by atoms with Gasteiger partial charge in [-0.1, -0.05) is 17.9 Å². The smallest absolute Gasteiger partial charge is 0.337 e. The number of nitrogens with zero attached hydrogens (tertiary/aromatic N) is 3. The van der Waals surface area contributed by atoms with Crippen molar-refractivity contribution in [2.45, 2.75) is 0 Å². The fourth-order valence-corrected chi connectivity index (χ4v) is 2.71. The fourth-order valence-electron chi connectivity index (χ4n) is 2.71. The van der Waals surface area contributed by atoms with Crippen molar-refractivity contribution in [1.82, 2.24) is 14.0 Å². The second-order valence-corrected chi connectivity index (χ2v) is 5.46. The number of carboxylic acid groups (broad SMARTS) is 1. The Labute approximate surface area is 143 Å². The van der Waals surface area contributed by atoms with Gasteiger partial charge in [0.15, 0.2) is 0 Å². The third-order valence-electron chi connectivity index (χ3n) is 3.86. The first-order chi connectivity index (χ1) is 12.2. The molecule has 25 heavy (non-hydrogen) atoms. The second kappa shape index (κ2) is 6.02. The van der Waals surface area contributed by atoms with Crippen LogP contribution in [0.15, 0.2) is 73.4 Å². The first-order valence-electron chi connectivity index (χ1n) is 7.67. The number of benzene rings is 1. The van der Waals surface area contributed by atoms with Gasteiger partial charge in [-0.05, 0) is 36.4 Å². The highest BCUT2D eigenvalue weighted by Gasteiger charge is 2.14. The molecule has 0 fully saturated rings. The van der Waals surface area contributed by atoms with E-state index in [-0.39, 0.29) is 5.56 Å². The molecule has 0 aliphatic rings. The van der Waals surface area contributed by atoms with Crippen LogP contribution < -0.4 is 0 Å². The van der Waals surface area contributed by atoms with E-state index in [9.17, 15) is 9.90 Å². The summed E-state index contributed by atoms with van der Waals surface area (Å²) in [5, 5.41) is 9.50. The molecule has 1 N–H and O–H groups in total. The van der Waals surface area contributed by atoms with Gasteiger partial charge in [0, 0.05) is 42.1 Å². The lowest BCUT2D eigenvalue weighted by Crippen LogP contribution is -2.06. The minimum Gasteiger partial charge on any atom is -0.478 e. The van der Waals surface area contributed by atoms with Crippen LogP contribution in [0.4, 0.5) is 0 Å². The van der Waals surface area contributed by atoms with E-state index < -0.39 is 5.97 Å². The minimum absolute atomic E-state index is 0.216. The Balaban J connectivity index is 1.83. The predicted octanol–water partition coefficient (Wildman–Crippen LogP) is 3.22. The zero-order chi connectivity index (χ0) is 17.2. The standard InChI is InChI=1S/C20H13N3O2/c24-20(25)17-5-3-4-16(19(17)22-11-1-2-12-22)8-6-15-7-9-18-21-10-13-23(18)14-15/h1-5,7,9-14H,(H,24,25). The molecular weight excluding hydrogens is 314 g/mol. The molecular formula is C20H13N3O2. The van der Waals surface area contributed by atoms with Crippen molar-refractivity contribution in [1.29, 1.82) is 0 Å². The van der Waals surface area contributed by atoms with Gasteiger partial charge in [0.25, 0.3) is 0 Å². The Morgan fingerprint density at radius 2 is 1.84 bits per heavy atom. The molecule has 0 amide bonds. The van der Waals surface area contributed by atoms with Gasteiger partial charge in [0.2, 0.25) is 0 Å². The molecule has 0 saturated heterocycles. The van der Waals surface area contributed by atoms with Gasteiger partial charge in [-0.15, -0.1) is 0 Å². The quantitative estimate of drug-likeness (QED) is 0.575. The number of hydrogen-bond donors (Lipinski definition) is 1. The molecule has 4 rings (SSSR count). The molecule has 5 nitrogen and oxygen atoms in total. The van der Waals surface area contributed by atoms with E-state index in [4.69, 9.17) is 0 Å². The maximum atomic E-state index is 11.6. The van der Waals surface area contributed by atoms with Gasteiger partial charge in [-0.2, -0.15) is 0 Å². The number of carbonyl (C=O) groups is 1. The molecule has 0 spiro atoms. The number of para-hydroxylation sites is 1. The summed E-state index contributed by atoms with van der Waals surface area (Å²) in [5.74, 6) is 5.23. The second-order valence-electron chi connectivity index (χ2n) is 5.46. The summed E-state index contributed by atoms with van der Waals surface area (Å²) in [6.07, 6.45) is 9.10. The number of fused-ring (bicyclic) bond motifs is 1. The van der Waals surface area contributed by atoms with Gasteiger partial charge in [-0.3, -0.25) is 0 Å². The van der Waals surface area contributed by atoms with Crippen LogP contribution >= 0.6 is 0 Å². The lowest BCUT2D eigenvalue weighted by atomic mass is 10.1. The molecule has 0 bridgehead atoms. The highest BCUT2D eigenvalue weighted by atomic mass is 16.4. The predicted molar refractivity (Wildman–Crippen MR) is 93.9 cm³/mol. The average Bonchev–Trinajstić information content (AvgIpc) is 3.30. The third-order valence-corrected chi connectivity index (χ3v) is 3.86. The summed E-state index contributed by atoms with van der Waals surface area (Å²) in [5.41, 5.74) is 3.11. The molecule has 0 atom stereocenters. The topological polar surface area (TPSA) is 59.5 Å². The summed E-state index contributed by atoms with van der Waals surface area (Å²) in [6.45, 7) is 0. The monoisotopic (exact) mass is 327 g/mol. The summed E-state index contributed by atoms with van der Waals surface area (Å²) < 4.78 is 3.66. The van der Waals surface area contributed by atoms with E-state index in [0.29, 0.717) is 11.3 Å². The van der Waals surface area contributed by atoms with Gasteiger partial charge in [0.1, 0.15) is 5.65 Å². The van der Waals surface area contributed by atoms with E-state index in [0.717, 1.165) is 11.2 Å². The van der Waals surface area contributed by atoms with E-state index in [1.54, 1.807) is 22.9 Å². The zero-order valence-electron chi connectivity index (χ0n) is 13.1. The maximum Gasteiger partial charge on any atom is 0.337 e. The number of pyridine rings is 1. The van der Waals surface area contributed by atoms with Crippen LogP contribution in [0.1, 0.15) is 21.5 Å². The summed E-state index contributed by atoms with van der Waals surface area (Å²) in [7, 11) is 0. The molecule has 3 heterocycles. The van der Waals surface area contributed by atoms with E-state index in [1.165, 1.54) is 0 Å². The SMILES string of the molecule is O=C(O)c1cccc(C#Cc2ccc3nccn3c2)c1-n1cccc1. The highest BCUT2D eigenvalue weighted by Crippen LogP contribution is 2.20. The molecule has 0 aliphatic heterocycles. The van der Waals surface area contributed by atoms with Crippen molar-refractivity contribution in [3.05, 3.63) is 90.1 Å². The average molecular weight is 327 g/mol. The van der Waals surface area contributed by atoms with Crippen molar-refractivity contribution in [3.8, 4) is 17.5 Å². The normalized spacial score (nSPS) is 10.4. The van der Waals surface area contributed by atoms with Crippen molar-refractivity contribution in [3.63, 3.8) is 0 Å². The number of carboxylic acids is 1. The van der Waals surface area contributed by atoms with Crippen molar-refractivity contribution in [2.24, 2.45) is 0 Å². The largest absolute Gasteiger partial charge is 0.478 e. The van der Waals surface area contributed by atoms with Crippen LogP contribution in [0.5, 0.6) is 0 Å². The van der Waals surface area contributed by atoms with Crippen LogP contribution in [0.25, 0.3) is 11.3 Å². The Bertz CT molecular complexity index is 1130. The Kier molecular flexibility index (Phi) is 3.56. The van der Waals surface area contributed by atoms with Gasteiger partial charge < -0.3 is 14.1 Å². The molecule has 4 aromatic rings. The zero-order valence-corrected chi connectivity index (χ0v) is 13.1. The summed E-state index contributed by atoms with van der Waals surface area (Å²) in [4.78, 5) is 15.8. The third kappa shape index (κ3) is 2.77. The van der Waals surface area contributed by atoms with Crippen molar-refractivity contribution in [2.75, 3.05) is 0 Å². The molecule has 0 unspecified atom stereocenters. The number of imidazole rings is 1. The lowest BCUT2D eigenvalue weighted by Gasteiger charge is -2.10. The summed E-state index contributed by atoms with van der Waals surface area (Å²) >= 11 is 0. The van der Waals surface area contributed by atoms with Gasteiger partial charge >= 0.3 is 5.97 Å². The van der Waals surface area contributed by atoms with Crippen LogP contribution in [0.2, 0.25) is 0 Å². The molecule has 3 aromatic heterocycles. The van der Waals surface area contributed by atoms with Gasteiger partial charge in [-0.25, -0.2) is 9.78 Å². The van der Waals surface area contributed by atoms with Crippen molar-refractivity contribution >= 4 is 11.6 Å². The number of rotatable bonds is 2. The molecule has 1 aromatic carbocycles. The number of aromatic carboxylic acids is 1. The van der Waals surface area contributed by atoms with E-state index in [1.807, 2.05) is 59.5 Å². The highest BCUT2D eigenvalue weighted by molar-refractivity contribution is 5.93. The number of hydrogen-bond acceptors (Lipinski definition) is 2. The lowest BCUT2D eigenvalue weighted by molar-refractivity contribution is 0.0697.